The minimum atomic E-state index is -0.582. The van der Waals surface area contributed by atoms with E-state index >= 15 is 0 Å². The summed E-state index contributed by atoms with van der Waals surface area (Å²) in [5.41, 5.74) is 4.19. The molecule has 0 aliphatic carbocycles. The van der Waals surface area contributed by atoms with Crippen molar-refractivity contribution in [2.45, 2.75) is 60.0 Å². The number of rotatable bonds is 11. The van der Waals surface area contributed by atoms with Crippen LogP contribution >= 0.6 is 0 Å². The van der Waals surface area contributed by atoms with Crippen LogP contribution in [0.5, 0.6) is 5.75 Å². The first-order valence-electron chi connectivity index (χ1n) is 13.5. The summed E-state index contributed by atoms with van der Waals surface area (Å²) in [6, 6.07) is 10.3. The number of benzene rings is 2. The Hall–Kier alpha value is -3.03. The summed E-state index contributed by atoms with van der Waals surface area (Å²) in [5, 5.41) is 13.4. The average molecular weight is 527 g/mol. The Labute approximate surface area is 226 Å². The first kappa shape index (κ1) is 31.2. The lowest BCUT2D eigenvalue weighted by Gasteiger charge is -2.28. The Balaban J connectivity index is 0.00000247. The van der Waals surface area contributed by atoms with E-state index in [1.54, 1.807) is 18.2 Å². The number of aliphatic hydroxyl groups is 1. The molecule has 0 spiro atoms. The number of nitrogens with one attached hydrogen (secondary N) is 1. The van der Waals surface area contributed by atoms with Gasteiger partial charge in [-0.1, -0.05) is 52.0 Å². The predicted octanol–water partition coefficient (Wildman–Crippen LogP) is 5.21. The van der Waals surface area contributed by atoms with Crippen LogP contribution in [0.1, 0.15) is 67.6 Å². The number of ether oxygens (including phenoxy) is 1. The molecule has 1 aliphatic rings. The summed E-state index contributed by atoms with van der Waals surface area (Å²) in [6.07, 6.45) is 2.95. The third kappa shape index (κ3) is 8.77. The fraction of sp³-hybridized carbons (Fsp3) is 0.484. The number of aryl methyl sites for hydroxylation is 1. The fourth-order valence-electron chi connectivity index (χ4n) is 4.33. The molecular formula is C31H43FN2O4. The lowest BCUT2D eigenvalue weighted by Crippen LogP contribution is -2.37. The number of ketones is 1. The number of aliphatic hydroxyl groups excluding tert-OH is 1. The number of carbonyl (C=O) groups is 2. The molecular weight excluding hydrogens is 483 g/mol. The highest BCUT2D eigenvalue weighted by molar-refractivity contribution is 5.95. The summed E-state index contributed by atoms with van der Waals surface area (Å²) < 4.78 is 19.3. The number of carbonyl (C=O) groups excluding carboxylic acids is 2. The number of β-amino-alcohol motifs (C(OH)–C–C–N with tert-alkyl or cyclic N) is 1. The zero-order chi connectivity index (χ0) is 28.2. The van der Waals surface area contributed by atoms with Crippen molar-refractivity contribution in [2.75, 3.05) is 33.3 Å². The number of nitrogens with zero attached hydrogens (tertiary/aromatic N) is 1. The van der Waals surface area contributed by atoms with Crippen molar-refractivity contribution < 1.29 is 23.8 Å². The molecule has 1 unspecified atom stereocenters. The van der Waals surface area contributed by atoms with Crippen LogP contribution in [0.3, 0.4) is 0 Å². The normalized spacial score (nSPS) is 14.3. The van der Waals surface area contributed by atoms with Crippen LogP contribution in [0.2, 0.25) is 0 Å². The van der Waals surface area contributed by atoms with Crippen molar-refractivity contribution >= 4 is 17.3 Å². The number of hydrogen-bond acceptors (Lipinski definition) is 5. The van der Waals surface area contributed by atoms with E-state index in [0.717, 1.165) is 35.2 Å². The standard InChI is InChI=1S/C29H37FN2O4.C2H6/c1-19(2)27(34)17-23-16-22(9-8-20(23)3)29(35)31-13-10-24(33)18-32-14-11-21(12-15-32)25-6-5-7-26(30)28(25)36-4;1-2/h5-9,11,16,19,24,33H,10,12-15,17-18H2,1-4H3,(H,31,35);1-2H3. The highest BCUT2D eigenvalue weighted by atomic mass is 19.1. The van der Waals surface area contributed by atoms with Gasteiger partial charge in [0.25, 0.3) is 5.91 Å². The molecule has 0 fully saturated rings. The van der Waals surface area contributed by atoms with Crippen molar-refractivity contribution in [3.05, 3.63) is 70.5 Å². The van der Waals surface area contributed by atoms with Crippen LogP contribution in [0.15, 0.2) is 42.5 Å². The Morgan fingerprint density at radius 2 is 1.92 bits per heavy atom. The van der Waals surface area contributed by atoms with E-state index < -0.39 is 6.10 Å². The van der Waals surface area contributed by atoms with E-state index in [9.17, 15) is 19.1 Å². The van der Waals surface area contributed by atoms with Gasteiger partial charge in [0.1, 0.15) is 5.78 Å². The lowest BCUT2D eigenvalue weighted by molar-refractivity contribution is -0.121. The number of halogens is 1. The maximum absolute atomic E-state index is 14.0. The topological polar surface area (TPSA) is 78.9 Å². The zero-order valence-electron chi connectivity index (χ0n) is 23.6. The molecule has 0 saturated heterocycles. The molecule has 0 bridgehead atoms. The zero-order valence-corrected chi connectivity index (χ0v) is 23.6. The first-order chi connectivity index (χ1) is 18.2. The van der Waals surface area contributed by atoms with Gasteiger partial charge in [-0.2, -0.15) is 0 Å². The number of para-hydroxylation sites is 1. The van der Waals surface area contributed by atoms with Gasteiger partial charge >= 0.3 is 0 Å². The molecule has 1 atom stereocenters. The summed E-state index contributed by atoms with van der Waals surface area (Å²) in [5.74, 6) is -0.222. The van der Waals surface area contributed by atoms with Gasteiger partial charge in [0.05, 0.1) is 13.2 Å². The molecule has 0 saturated carbocycles. The quantitative estimate of drug-likeness (QED) is 0.421. The highest BCUT2D eigenvalue weighted by Gasteiger charge is 2.20. The van der Waals surface area contributed by atoms with Gasteiger partial charge in [-0.05, 0) is 54.7 Å². The molecule has 0 aromatic heterocycles. The van der Waals surface area contributed by atoms with Gasteiger partial charge < -0.3 is 15.2 Å². The largest absolute Gasteiger partial charge is 0.493 e. The van der Waals surface area contributed by atoms with Gasteiger partial charge in [-0.3, -0.25) is 14.5 Å². The Morgan fingerprint density at radius 3 is 2.55 bits per heavy atom. The van der Waals surface area contributed by atoms with Crippen LogP contribution in [0, 0.1) is 18.7 Å². The molecule has 0 radical (unpaired) electrons. The Morgan fingerprint density at radius 1 is 1.18 bits per heavy atom. The van der Waals surface area contributed by atoms with Crippen LogP contribution < -0.4 is 10.1 Å². The number of hydrogen-bond donors (Lipinski definition) is 2. The number of amides is 1. The minimum absolute atomic E-state index is 0.0467. The first-order valence-corrected chi connectivity index (χ1v) is 13.5. The van der Waals surface area contributed by atoms with E-state index in [4.69, 9.17) is 4.74 Å². The number of methoxy groups -OCH3 is 1. The molecule has 2 aromatic carbocycles. The maximum Gasteiger partial charge on any atom is 0.251 e. The van der Waals surface area contributed by atoms with Crippen molar-refractivity contribution in [1.82, 2.24) is 10.2 Å². The van der Waals surface area contributed by atoms with E-state index in [0.29, 0.717) is 38.0 Å². The second-order valence-corrected chi connectivity index (χ2v) is 9.70. The molecule has 7 heteroatoms. The van der Waals surface area contributed by atoms with Crippen molar-refractivity contribution in [3.63, 3.8) is 0 Å². The summed E-state index contributed by atoms with van der Waals surface area (Å²) in [4.78, 5) is 26.9. The van der Waals surface area contributed by atoms with Gasteiger partial charge in [-0.25, -0.2) is 4.39 Å². The van der Waals surface area contributed by atoms with Crippen LogP contribution in [-0.4, -0.2) is 61.1 Å². The Bertz CT molecular complexity index is 1110. The SMILES string of the molecule is CC.COc1c(F)cccc1C1=CCN(CC(O)CCNC(=O)c2ccc(C)c(CC(=O)C(C)C)c2)CC1. The highest BCUT2D eigenvalue weighted by Crippen LogP contribution is 2.32. The second-order valence-electron chi connectivity index (χ2n) is 9.70. The molecule has 208 valence electrons. The van der Waals surface area contributed by atoms with Gasteiger partial charge in [-0.15, -0.1) is 0 Å². The van der Waals surface area contributed by atoms with E-state index in [2.05, 4.69) is 10.2 Å². The lowest BCUT2D eigenvalue weighted by atomic mass is 9.96. The third-order valence-electron chi connectivity index (χ3n) is 6.66. The molecule has 1 amide bonds. The smallest absolute Gasteiger partial charge is 0.251 e. The maximum atomic E-state index is 14.0. The van der Waals surface area contributed by atoms with Crippen LogP contribution in [0.4, 0.5) is 4.39 Å². The predicted molar refractivity (Wildman–Crippen MR) is 151 cm³/mol. The van der Waals surface area contributed by atoms with Gasteiger partial charge in [0.2, 0.25) is 0 Å². The van der Waals surface area contributed by atoms with E-state index in [1.165, 1.54) is 13.2 Å². The average Bonchev–Trinajstić information content (AvgIpc) is 2.91. The van der Waals surface area contributed by atoms with E-state index in [1.807, 2.05) is 52.8 Å². The fourth-order valence-corrected chi connectivity index (χ4v) is 4.33. The second kappa shape index (κ2) is 15.4. The molecule has 2 aromatic rings. The van der Waals surface area contributed by atoms with E-state index in [-0.39, 0.29) is 29.2 Å². The minimum Gasteiger partial charge on any atom is -0.493 e. The molecule has 6 nitrogen and oxygen atoms in total. The van der Waals surface area contributed by atoms with Crippen molar-refractivity contribution in [1.29, 1.82) is 0 Å². The third-order valence-corrected chi connectivity index (χ3v) is 6.66. The molecule has 1 aliphatic heterocycles. The molecule has 38 heavy (non-hydrogen) atoms. The summed E-state index contributed by atoms with van der Waals surface area (Å²) >= 11 is 0. The molecule has 2 N–H and O–H groups in total. The monoisotopic (exact) mass is 526 g/mol. The van der Waals surface area contributed by atoms with Crippen LogP contribution in [0.25, 0.3) is 5.57 Å². The molecule has 3 rings (SSSR count). The summed E-state index contributed by atoms with van der Waals surface area (Å²) in [7, 11) is 1.47. The Kier molecular flexibility index (Phi) is 12.6. The number of Topliss-reactive ketones (excluding diaryl/α,β-unsaturated/α-hetero) is 1. The van der Waals surface area contributed by atoms with Crippen LogP contribution in [-0.2, 0) is 11.2 Å². The summed E-state index contributed by atoms with van der Waals surface area (Å²) in [6.45, 7) is 11.9. The van der Waals surface area contributed by atoms with Crippen molar-refractivity contribution in [2.24, 2.45) is 5.92 Å². The van der Waals surface area contributed by atoms with Gasteiger partial charge in [0.15, 0.2) is 11.6 Å². The van der Waals surface area contributed by atoms with Gasteiger partial charge in [0, 0.05) is 49.6 Å². The van der Waals surface area contributed by atoms with Crippen molar-refractivity contribution in [3.8, 4) is 5.75 Å². The molecule has 1 heterocycles.